The Morgan fingerprint density at radius 2 is 0.956 bits per heavy atom. The van der Waals surface area contributed by atoms with Crippen molar-refractivity contribution >= 4 is 23.9 Å². The smallest absolute Gasteiger partial charge is 0.488 e. The predicted octanol–water partition coefficient (Wildman–Crippen LogP) is 9.24. The van der Waals surface area contributed by atoms with Crippen molar-refractivity contribution in [3.05, 3.63) is 117 Å². The van der Waals surface area contributed by atoms with Crippen LogP contribution in [0.1, 0.15) is 83.0 Å². The highest BCUT2D eigenvalue weighted by atomic mass is 19.4. The summed E-state index contributed by atoms with van der Waals surface area (Å²) in [6.45, 7) is 7.44. The van der Waals surface area contributed by atoms with Crippen LogP contribution in [0.2, 0.25) is 0 Å². The number of benzene rings is 4. The molecule has 0 aliphatic carbocycles. The lowest BCUT2D eigenvalue weighted by atomic mass is 9.92. The van der Waals surface area contributed by atoms with E-state index in [0.29, 0.717) is 61.8 Å². The van der Waals surface area contributed by atoms with E-state index in [1.54, 1.807) is 0 Å². The predicted molar refractivity (Wildman–Crippen MR) is 238 cm³/mol. The molecule has 0 radical (unpaired) electrons. The first kappa shape index (κ1) is 53.6. The van der Waals surface area contributed by atoms with Gasteiger partial charge in [0.05, 0.1) is 11.1 Å². The Kier molecular flexibility index (Phi) is 19.0. The highest BCUT2D eigenvalue weighted by Gasteiger charge is 2.39. The van der Waals surface area contributed by atoms with Gasteiger partial charge in [0.2, 0.25) is 0 Å². The van der Waals surface area contributed by atoms with Gasteiger partial charge in [-0.2, -0.15) is 26.3 Å². The lowest BCUT2D eigenvalue weighted by Gasteiger charge is -2.32. The topological polar surface area (TPSA) is 174 Å². The molecule has 2 aliphatic heterocycles. The van der Waals surface area contributed by atoms with Gasteiger partial charge in [-0.15, -0.1) is 12.8 Å². The van der Waals surface area contributed by atoms with Crippen LogP contribution in [-0.2, 0) is 45.5 Å². The molecule has 0 saturated carbocycles. The Labute approximate surface area is 389 Å². The minimum Gasteiger partial charge on any atom is -0.488 e. The third kappa shape index (κ3) is 15.0. The first-order chi connectivity index (χ1) is 32.0. The Bertz CT molecular complexity index is 2350. The molecule has 0 bridgehead atoms. The van der Waals surface area contributed by atoms with Gasteiger partial charge < -0.3 is 29.9 Å². The fourth-order valence-electron chi connectivity index (χ4n) is 7.79. The number of nitrogens with zero attached hydrogens (tertiary/aromatic N) is 2. The van der Waals surface area contributed by atoms with Crippen LogP contribution in [0, 0.1) is 38.5 Å². The summed E-state index contributed by atoms with van der Waals surface area (Å²) >= 11 is 0. The normalized spacial score (nSPS) is 16.3. The number of carbonyl (C=O) groups is 4. The van der Waals surface area contributed by atoms with Gasteiger partial charge in [-0.3, -0.25) is 19.4 Å². The van der Waals surface area contributed by atoms with Crippen LogP contribution in [-0.4, -0.2) is 91.6 Å². The van der Waals surface area contributed by atoms with Crippen molar-refractivity contribution in [1.82, 2.24) is 9.80 Å². The number of ether oxygens (including phenoxy) is 2. The zero-order chi connectivity index (χ0) is 50.3. The minimum absolute atomic E-state index is 0.336. The Balaban J connectivity index is 0.000000626. The first-order valence-electron chi connectivity index (χ1n) is 21.2. The molecule has 18 heteroatoms. The molecule has 4 aromatic rings. The van der Waals surface area contributed by atoms with E-state index in [4.69, 9.17) is 42.1 Å². The standard InChI is InChI=1S/C46H48N2O6.2C2HF3O2/c1-5-35-25-33(27-47-23-9-7-17-41(47)45(49)50)19-21-43(35)53-29-37-13-11-15-39(31(37)3)40-16-12-14-38(32(40)4)30-54-44-22-20-34(26-36(44)6-2)28-48-24-10-8-18-42(48)46(51)52;2*3-2(4,5)1(6)7/h1-2,11-16,19-22,25-26,41-42H,7-10,17-18,23-24,27-30H2,3-4H3,(H,49,50)(H,51,52);2*(H,6,7)/t41-,42-;;/m0../s1. The number of likely N-dealkylation sites (tertiary alicyclic amines) is 2. The van der Waals surface area contributed by atoms with E-state index in [2.05, 4.69) is 50.0 Å². The number of terminal acetylenes is 2. The summed E-state index contributed by atoms with van der Waals surface area (Å²) in [5.41, 5.74) is 9.71. The van der Waals surface area contributed by atoms with E-state index < -0.39 is 48.3 Å². The first-order valence-corrected chi connectivity index (χ1v) is 21.2. The number of carboxylic acids is 4. The summed E-state index contributed by atoms with van der Waals surface area (Å²) in [6.07, 6.45) is 6.82. The van der Waals surface area contributed by atoms with E-state index in [9.17, 15) is 46.1 Å². The molecule has 12 nitrogen and oxygen atoms in total. The van der Waals surface area contributed by atoms with Gasteiger partial charge in [-0.1, -0.05) is 73.2 Å². The summed E-state index contributed by atoms with van der Waals surface area (Å²) in [7, 11) is 0. The van der Waals surface area contributed by atoms with Crippen molar-refractivity contribution in [2.24, 2.45) is 0 Å². The van der Waals surface area contributed by atoms with E-state index >= 15 is 0 Å². The number of hydrogen-bond acceptors (Lipinski definition) is 8. The van der Waals surface area contributed by atoms with Crippen molar-refractivity contribution < 1.29 is 75.4 Å². The lowest BCUT2D eigenvalue weighted by Crippen LogP contribution is -2.44. The fourth-order valence-corrected chi connectivity index (χ4v) is 7.79. The molecule has 6 rings (SSSR count). The molecule has 0 spiro atoms. The van der Waals surface area contributed by atoms with Gasteiger partial charge in [0.15, 0.2) is 0 Å². The average molecular weight is 953 g/mol. The van der Waals surface area contributed by atoms with Crippen LogP contribution in [0.25, 0.3) is 11.1 Å². The molecule has 0 aromatic heterocycles. The molecule has 2 saturated heterocycles. The Hall–Kier alpha value is -7.02. The van der Waals surface area contributed by atoms with E-state index in [1.807, 2.05) is 58.3 Å². The van der Waals surface area contributed by atoms with Crippen molar-refractivity contribution in [1.29, 1.82) is 0 Å². The number of halogens is 6. The molecule has 2 aliphatic rings. The molecule has 2 heterocycles. The summed E-state index contributed by atoms with van der Waals surface area (Å²) in [6, 6.07) is 23.1. The molecule has 0 unspecified atom stereocenters. The average Bonchev–Trinajstić information content (AvgIpc) is 3.29. The van der Waals surface area contributed by atoms with Gasteiger partial charge in [-0.25, -0.2) is 9.59 Å². The summed E-state index contributed by atoms with van der Waals surface area (Å²) in [5.74, 6) is -0.311. The van der Waals surface area contributed by atoms with Crippen molar-refractivity contribution in [3.8, 4) is 47.3 Å². The second kappa shape index (κ2) is 24.1. The molecular weight excluding hydrogens is 903 g/mol. The third-order valence-electron chi connectivity index (χ3n) is 11.4. The number of carboxylic acid groups (broad SMARTS) is 4. The Morgan fingerprint density at radius 1 is 0.603 bits per heavy atom. The van der Waals surface area contributed by atoms with Crippen molar-refractivity contribution in [2.45, 2.75) is 103 Å². The molecule has 68 heavy (non-hydrogen) atoms. The number of rotatable bonds is 13. The summed E-state index contributed by atoms with van der Waals surface area (Å²) < 4.78 is 76.1. The van der Waals surface area contributed by atoms with Crippen LogP contribution in [0.3, 0.4) is 0 Å². The maximum atomic E-state index is 11.8. The molecule has 362 valence electrons. The molecule has 2 atom stereocenters. The number of piperidine rings is 2. The Morgan fingerprint density at radius 3 is 1.26 bits per heavy atom. The van der Waals surface area contributed by atoms with Crippen LogP contribution in [0.5, 0.6) is 11.5 Å². The molecule has 4 N–H and O–H groups in total. The highest BCUT2D eigenvalue weighted by molar-refractivity contribution is 5.75. The fraction of sp³-hybridized carbons (Fsp3) is 0.360. The van der Waals surface area contributed by atoms with Gasteiger partial charge in [0, 0.05) is 13.1 Å². The van der Waals surface area contributed by atoms with E-state index in [0.717, 1.165) is 83.3 Å². The zero-order valence-electron chi connectivity index (χ0n) is 37.1. The van der Waals surface area contributed by atoms with Gasteiger partial charge in [-0.05, 0) is 121 Å². The number of hydrogen-bond donors (Lipinski definition) is 4. The minimum atomic E-state index is -5.08. The maximum Gasteiger partial charge on any atom is 0.490 e. The van der Waals surface area contributed by atoms with Gasteiger partial charge in [0.1, 0.15) is 36.8 Å². The third-order valence-corrected chi connectivity index (χ3v) is 11.4. The second-order valence-electron chi connectivity index (χ2n) is 16.0. The number of alkyl halides is 6. The zero-order valence-corrected chi connectivity index (χ0v) is 37.1. The molecular formula is C50H50F6N2O10. The monoisotopic (exact) mass is 952 g/mol. The SMILES string of the molecule is C#Cc1cc(CN2CCCC[C@H]2C(=O)O)ccc1OCc1cccc(-c2cccc(COc3ccc(CN4CCCC[C@H]4C(=O)O)cc3C#C)c2C)c1C.O=C(O)C(F)(F)F.O=C(O)C(F)(F)F. The lowest BCUT2D eigenvalue weighted by molar-refractivity contribution is -0.193. The van der Waals surface area contributed by atoms with Crippen LogP contribution in [0.15, 0.2) is 72.8 Å². The maximum absolute atomic E-state index is 11.8. The van der Waals surface area contributed by atoms with E-state index in [1.165, 1.54) is 0 Å². The summed E-state index contributed by atoms with van der Waals surface area (Å²) in [5, 5.41) is 33.6. The summed E-state index contributed by atoms with van der Waals surface area (Å²) in [4.78, 5) is 45.4. The molecule has 0 amide bonds. The molecule has 2 fully saturated rings. The second-order valence-corrected chi connectivity index (χ2v) is 16.0. The quantitative estimate of drug-likeness (QED) is 0.0740. The largest absolute Gasteiger partial charge is 0.490 e. The highest BCUT2D eigenvalue weighted by Crippen LogP contribution is 2.33. The van der Waals surface area contributed by atoms with Gasteiger partial charge in [0.25, 0.3) is 0 Å². The number of aliphatic carboxylic acids is 4. The van der Waals surface area contributed by atoms with E-state index in [-0.39, 0.29) is 0 Å². The van der Waals surface area contributed by atoms with Crippen molar-refractivity contribution in [3.63, 3.8) is 0 Å². The van der Waals surface area contributed by atoms with Gasteiger partial charge >= 0.3 is 36.2 Å². The molecule has 4 aromatic carbocycles. The van der Waals surface area contributed by atoms with Crippen molar-refractivity contribution in [2.75, 3.05) is 13.1 Å². The van der Waals surface area contributed by atoms with Crippen LogP contribution < -0.4 is 9.47 Å². The van der Waals surface area contributed by atoms with Crippen LogP contribution >= 0.6 is 0 Å². The van der Waals surface area contributed by atoms with Crippen LogP contribution in [0.4, 0.5) is 26.3 Å².